The van der Waals surface area contributed by atoms with Gasteiger partial charge in [-0.25, -0.2) is 0 Å². The summed E-state index contributed by atoms with van der Waals surface area (Å²) in [5, 5.41) is 28.3. The van der Waals surface area contributed by atoms with Crippen molar-refractivity contribution in [2.45, 2.75) is 69.4 Å². The Morgan fingerprint density at radius 2 is 1.86 bits per heavy atom. The van der Waals surface area contributed by atoms with Crippen molar-refractivity contribution in [2.24, 2.45) is 0 Å². The predicted octanol–water partition coefficient (Wildman–Crippen LogP) is 1.40. The van der Waals surface area contributed by atoms with E-state index in [0.717, 1.165) is 19.3 Å². The molecule has 1 saturated heterocycles. The van der Waals surface area contributed by atoms with Gasteiger partial charge in [-0.3, -0.25) is 0 Å². The minimum absolute atomic E-state index is 0.149. The van der Waals surface area contributed by atoms with Crippen LogP contribution < -0.4 is 0 Å². The first-order valence-electron chi connectivity index (χ1n) is 8.01. The standard InChI is InChI=1S/C16H30O5/c1-2-3-4-5-6-7-8-9-10-20-16-14(19)12-21-15(16)13(18)11-17/h2,13-19H,1,3-12H2/t13-,14+,15+,16+/m0/s1. The molecule has 3 N–H and O–H groups in total. The number of unbranched alkanes of at least 4 members (excludes halogenated alkanes) is 6. The molecule has 1 rings (SSSR count). The van der Waals surface area contributed by atoms with E-state index >= 15 is 0 Å². The summed E-state index contributed by atoms with van der Waals surface area (Å²) in [6.45, 7) is 4.02. The van der Waals surface area contributed by atoms with Crippen molar-refractivity contribution in [1.82, 2.24) is 0 Å². The van der Waals surface area contributed by atoms with Crippen molar-refractivity contribution in [2.75, 3.05) is 19.8 Å². The Morgan fingerprint density at radius 3 is 2.52 bits per heavy atom. The topological polar surface area (TPSA) is 79.2 Å². The molecule has 0 radical (unpaired) electrons. The highest BCUT2D eigenvalue weighted by molar-refractivity contribution is 4.89. The van der Waals surface area contributed by atoms with Gasteiger partial charge in [-0.15, -0.1) is 6.58 Å². The Bertz CT molecular complexity index is 271. The largest absolute Gasteiger partial charge is 0.394 e. The summed E-state index contributed by atoms with van der Waals surface area (Å²) < 4.78 is 10.9. The van der Waals surface area contributed by atoms with Crippen molar-refractivity contribution in [3.05, 3.63) is 12.7 Å². The second-order valence-corrected chi connectivity index (χ2v) is 5.65. The SMILES string of the molecule is C=CCCCCCCCCO[C@H]1[C@@H]([C@@H](O)CO)OC[C@H]1O. The zero-order valence-corrected chi connectivity index (χ0v) is 12.8. The normalized spacial score (nSPS) is 26.9. The average Bonchev–Trinajstić information content (AvgIpc) is 2.86. The second-order valence-electron chi connectivity index (χ2n) is 5.65. The minimum Gasteiger partial charge on any atom is -0.394 e. The van der Waals surface area contributed by atoms with Gasteiger partial charge in [0.25, 0.3) is 0 Å². The molecule has 0 aromatic carbocycles. The van der Waals surface area contributed by atoms with E-state index in [0.29, 0.717) is 6.61 Å². The third kappa shape index (κ3) is 6.89. The number of aliphatic hydroxyl groups excluding tert-OH is 3. The third-order valence-electron chi connectivity index (χ3n) is 3.84. The van der Waals surface area contributed by atoms with Crippen molar-refractivity contribution < 1.29 is 24.8 Å². The van der Waals surface area contributed by atoms with Gasteiger partial charge in [0.05, 0.1) is 13.2 Å². The van der Waals surface area contributed by atoms with E-state index in [1.165, 1.54) is 25.7 Å². The maximum Gasteiger partial charge on any atom is 0.114 e. The van der Waals surface area contributed by atoms with Crippen LogP contribution in [0.4, 0.5) is 0 Å². The van der Waals surface area contributed by atoms with Gasteiger partial charge < -0.3 is 24.8 Å². The minimum atomic E-state index is -1.00. The number of hydrogen-bond donors (Lipinski definition) is 3. The number of allylic oxidation sites excluding steroid dienone is 1. The summed E-state index contributed by atoms with van der Waals surface area (Å²) in [6.07, 6.45) is 7.06. The monoisotopic (exact) mass is 302 g/mol. The molecule has 4 atom stereocenters. The fourth-order valence-electron chi connectivity index (χ4n) is 2.58. The lowest BCUT2D eigenvalue weighted by Gasteiger charge is -2.23. The first kappa shape index (κ1) is 18.6. The maximum atomic E-state index is 9.78. The van der Waals surface area contributed by atoms with Gasteiger partial charge in [0.2, 0.25) is 0 Å². The quantitative estimate of drug-likeness (QED) is 0.375. The van der Waals surface area contributed by atoms with Crippen LogP contribution in [-0.4, -0.2) is 59.6 Å². The van der Waals surface area contributed by atoms with E-state index in [-0.39, 0.29) is 13.2 Å². The van der Waals surface area contributed by atoms with E-state index in [1.54, 1.807) is 0 Å². The summed E-state index contributed by atoms with van der Waals surface area (Å²) >= 11 is 0. The molecule has 21 heavy (non-hydrogen) atoms. The van der Waals surface area contributed by atoms with E-state index in [4.69, 9.17) is 14.6 Å². The highest BCUT2D eigenvalue weighted by atomic mass is 16.6. The summed E-state index contributed by atoms with van der Waals surface area (Å²) in [5.74, 6) is 0. The molecule has 0 unspecified atom stereocenters. The number of ether oxygens (including phenoxy) is 2. The van der Waals surface area contributed by atoms with Crippen LogP contribution in [-0.2, 0) is 9.47 Å². The van der Waals surface area contributed by atoms with Crippen molar-refractivity contribution in [3.8, 4) is 0 Å². The van der Waals surface area contributed by atoms with Crippen molar-refractivity contribution in [1.29, 1.82) is 0 Å². The lowest BCUT2D eigenvalue weighted by Crippen LogP contribution is -2.42. The Hall–Kier alpha value is -0.460. The molecule has 124 valence electrons. The third-order valence-corrected chi connectivity index (χ3v) is 3.84. The van der Waals surface area contributed by atoms with Gasteiger partial charge in [-0.1, -0.05) is 31.8 Å². The zero-order valence-electron chi connectivity index (χ0n) is 12.8. The molecule has 0 amide bonds. The van der Waals surface area contributed by atoms with Crippen LogP contribution in [0.1, 0.15) is 44.9 Å². The number of aliphatic hydroxyl groups is 3. The molecule has 0 aromatic heterocycles. The maximum absolute atomic E-state index is 9.78. The molecule has 1 aliphatic rings. The summed E-state index contributed by atoms with van der Waals surface area (Å²) in [7, 11) is 0. The van der Waals surface area contributed by atoms with E-state index in [1.807, 2.05) is 6.08 Å². The summed E-state index contributed by atoms with van der Waals surface area (Å²) in [5.41, 5.74) is 0. The van der Waals surface area contributed by atoms with Crippen LogP contribution in [0.5, 0.6) is 0 Å². The Labute approximate surface area is 127 Å². The summed E-state index contributed by atoms with van der Waals surface area (Å²) in [6, 6.07) is 0. The molecule has 5 nitrogen and oxygen atoms in total. The molecule has 0 bridgehead atoms. The van der Waals surface area contributed by atoms with Gasteiger partial charge in [0.15, 0.2) is 0 Å². The first-order valence-corrected chi connectivity index (χ1v) is 8.01. The van der Waals surface area contributed by atoms with E-state index < -0.39 is 24.4 Å². The van der Waals surface area contributed by atoms with Crippen molar-refractivity contribution >= 4 is 0 Å². The smallest absolute Gasteiger partial charge is 0.114 e. The molecule has 0 saturated carbocycles. The molecular weight excluding hydrogens is 272 g/mol. The molecule has 0 aromatic rings. The zero-order chi connectivity index (χ0) is 15.5. The highest BCUT2D eigenvalue weighted by Gasteiger charge is 2.40. The Morgan fingerprint density at radius 1 is 1.19 bits per heavy atom. The lowest BCUT2D eigenvalue weighted by atomic mass is 10.1. The van der Waals surface area contributed by atoms with Gasteiger partial charge in [-0.05, 0) is 19.3 Å². The average molecular weight is 302 g/mol. The van der Waals surface area contributed by atoms with Gasteiger partial charge in [0.1, 0.15) is 24.4 Å². The lowest BCUT2D eigenvalue weighted by molar-refractivity contribution is -0.0938. The molecule has 1 heterocycles. The Kier molecular flexibility index (Phi) is 9.87. The van der Waals surface area contributed by atoms with Crippen LogP contribution in [0, 0.1) is 0 Å². The van der Waals surface area contributed by atoms with Crippen LogP contribution in [0.3, 0.4) is 0 Å². The predicted molar refractivity (Wildman–Crippen MR) is 81.1 cm³/mol. The fraction of sp³-hybridized carbons (Fsp3) is 0.875. The van der Waals surface area contributed by atoms with Gasteiger partial charge in [0, 0.05) is 6.61 Å². The second kappa shape index (κ2) is 11.2. The summed E-state index contributed by atoms with van der Waals surface area (Å²) in [4.78, 5) is 0. The van der Waals surface area contributed by atoms with Gasteiger partial charge in [-0.2, -0.15) is 0 Å². The molecular formula is C16H30O5. The number of rotatable bonds is 12. The van der Waals surface area contributed by atoms with E-state index in [9.17, 15) is 10.2 Å². The molecule has 1 fully saturated rings. The molecule has 5 heteroatoms. The van der Waals surface area contributed by atoms with E-state index in [2.05, 4.69) is 6.58 Å². The first-order chi connectivity index (χ1) is 10.2. The van der Waals surface area contributed by atoms with Gasteiger partial charge >= 0.3 is 0 Å². The number of hydrogen-bond acceptors (Lipinski definition) is 5. The highest BCUT2D eigenvalue weighted by Crippen LogP contribution is 2.21. The van der Waals surface area contributed by atoms with Crippen LogP contribution in [0.15, 0.2) is 12.7 Å². The van der Waals surface area contributed by atoms with Crippen LogP contribution in [0.2, 0.25) is 0 Å². The van der Waals surface area contributed by atoms with Crippen LogP contribution in [0.25, 0.3) is 0 Å². The van der Waals surface area contributed by atoms with Crippen LogP contribution >= 0.6 is 0 Å². The Balaban J connectivity index is 2.06. The molecule has 0 spiro atoms. The molecule has 0 aliphatic carbocycles. The fourth-order valence-corrected chi connectivity index (χ4v) is 2.58. The molecule has 1 aliphatic heterocycles. The van der Waals surface area contributed by atoms with Crippen molar-refractivity contribution in [3.63, 3.8) is 0 Å².